The molecule has 1 aromatic heterocycles. The van der Waals surface area contributed by atoms with Crippen molar-refractivity contribution in [2.45, 2.75) is 12.6 Å². The number of fused-ring (bicyclic) bond motifs is 1. The van der Waals surface area contributed by atoms with Gasteiger partial charge in [-0.1, -0.05) is 0 Å². The highest BCUT2D eigenvalue weighted by Crippen LogP contribution is 2.19. The monoisotopic (exact) mass is 501 g/mol. The number of likely N-dealkylation sites (N-methyl/N-ethyl adjacent to an activating group) is 1. The molecule has 0 bridgehead atoms. The van der Waals surface area contributed by atoms with Crippen molar-refractivity contribution in [3.05, 3.63) is 35.8 Å². The lowest BCUT2D eigenvalue weighted by atomic mass is 10.1. The van der Waals surface area contributed by atoms with Crippen LogP contribution in [-0.4, -0.2) is 62.3 Å². The van der Waals surface area contributed by atoms with Crippen LogP contribution in [0, 0.1) is 5.82 Å². The number of guanidine groups is 1. The standard InChI is InChI=1S/C17H23F4N5.HI/c1-22-16(24-7-8-26(2)11-17(19,20)21)23-6-5-12-10-25-15-4-3-13(18)9-14(12)15;/h3-4,9-10,25H,5-8,11H2,1-2H3,(H2,22,23,24);1H. The number of benzene rings is 1. The predicted octanol–water partition coefficient (Wildman–Crippen LogP) is 3.13. The zero-order valence-corrected chi connectivity index (χ0v) is 17.5. The lowest BCUT2D eigenvalue weighted by Gasteiger charge is -2.19. The summed E-state index contributed by atoms with van der Waals surface area (Å²) in [5, 5.41) is 6.91. The van der Waals surface area contributed by atoms with Crippen LogP contribution in [0.4, 0.5) is 17.6 Å². The highest BCUT2D eigenvalue weighted by atomic mass is 127. The number of alkyl halides is 3. The molecular weight excluding hydrogens is 477 g/mol. The number of aromatic amines is 1. The van der Waals surface area contributed by atoms with Crippen molar-refractivity contribution in [3.63, 3.8) is 0 Å². The Morgan fingerprint density at radius 3 is 2.59 bits per heavy atom. The van der Waals surface area contributed by atoms with E-state index in [-0.39, 0.29) is 36.3 Å². The second-order valence-corrected chi connectivity index (χ2v) is 6.03. The number of halogens is 5. The number of nitrogens with zero attached hydrogens (tertiary/aromatic N) is 2. The van der Waals surface area contributed by atoms with E-state index in [1.807, 2.05) is 6.20 Å². The maximum absolute atomic E-state index is 13.4. The lowest BCUT2D eigenvalue weighted by molar-refractivity contribution is -0.142. The van der Waals surface area contributed by atoms with Gasteiger partial charge in [0.15, 0.2) is 5.96 Å². The van der Waals surface area contributed by atoms with Crippen LogP contribution in [0.15, 0.2) is 29.4 Å². The Morgan fingerprint density at radius 1 is 1.22 bits per heavy atom. The van der Waals surface area contributed by atoms with Crippen molar-refractivity contribution >= 4 is 40.8 Å². The maximum Gasteiger partial charge on any atom is 0.401 e. The molecule has 0 fully saturated rings. The molecule has 2 rings (SSSR count). The van der Waals surface area contributed by atoms with Crippen LogP contribution >= 0.6 is 24.0 Å². The summed E-state index contributed by atoms with van der Waals surface area (Å²) in [6.07, 6.45) is -1.71. The van der Waals surface area contributed by atoms with E-state index in [2.05, 4.69) is 20.6 Å². The third-order valence-corrected chi connectivity index (χ3v) is 3.88. The number of nitrogens with one attached hydrogen (secondary N) is 3. The molecule has 10 heteroatoms. The van der Waals surface area contributed by atoms with Gasteiger partial charge in [-0.05, 0) is 37.2 Å². The van der Waals surface area contributed by atoms with E-state index < -0.39 is 12.7 Å². The summed E-state index contributed by atoms with van der Waals surface area (Å²) in [4.78, 5) is 8.33. The fraction of sp³-hybridized carbons (Fsp3) is 0.471. The average Bonchev–Trinajstić information content (AvgIpc) is 2.94. The number of hydrogen-bond acceptors (Lipinski definition) is 2. The second-order valence-electron chi connectivity index (χ2n) is 6.03. The topological polar surface area (TPSA) is 55.5 Å². The molecule has 0 spiro atoms. The predicted molar refractivity (Wildman–Crippen MR) is 110 cm³/mol. The van der Waals surface area contributed by atoms with Gasteiger partial charge in [0.25, 0.3) is 0 Å². The van der Waals surface area contributed by atoms with Crippen LogP contribution in [0.5, 0.6) is 0 Å². The molecule has 0 atom stereocenters. The van der Waals surface area contributed by atoms with E-state index in [4.69, 9.17) is 0 Å². The molecule has 0 radical (unpaired) electrons. The summed E-state index contributed by atoms with van der Waals surface area (Å²) < 4.78 is 50.2. The molecule has 27 heavy (non-hydrogen) atoms. The molecule has 0 aliphatic rings. The first-order valence-corrected chi connectivity index (χ1v) is 8.24. The SMILES string of the molecule is CN=C(NCCc1c[nH]c2ccc(F)cc12)NCCN(C)CC(F)(F)F.I. The highest BCUT2D eigenvalue weighted by molar-refractivity contribution is 14.0. The summed E-state index contributed by atoms with van der Waals surface area (Å²) >= 11 is 0. The molecule has 0 aliphatic carbocycles. The number of rotatable bonds is 7. The van der Waals surface area contributed by atoms with Crippen molar-refractivity contribution in [2.75, 3.05) is 40.3 Å². The van der Waals surface area contributed by atoms with Gasteiger partial charge in [0.05, 0.1) is 6.54 Å². The van der Waals surface area contributed by atoms with Gasteiger partial charge in [0.1, 0.15) is 5.82 Å². The Bertz CT molecular complexity index is 744. The summed E-state index contributed by atoms with van der Waals surface area (Å²) in [5.74, 6) is 0.225. The third-order valence-electron chi connectivity index (χ3n) is 3.88. The van der Waals surface area contributed by atoms with Crippen LogP contribution in [0.25, 0.3) is 10.9 Å². The maximum atomic E-state index is 13.4. The van der Waals surface area contributed by atoms with Gasteiger partial charge in [0, 0.05) is 43.8 Å². The van der Waals surface area contributed by atoms with Crippen molar-refractivity contribution in [1.82, 2.24) is 20.5 Å². The first kappa shape index (κ1) is 23.5. The molecular formula is C17H24F4IN5. The molecule has 1 aromatic carbocycles. The summed E-state index contributed by atoms with van der Waals surface area (Å²) in [7, 11) is 3.01. The summed E-state index contributed by atoms with van der Waals surface area (Å²) in [6.45, 7) is 0.186. The molecule has 5 nitrogen and oxygen atoms in total. The first-order valence-electron chi connectivity index (χ1n) is 8.24. The van der Waals surface area contributed by atoms with Gasteiger partial charge in [-0.3, -0.25) is 9.89 Å². The van der Waals surface area contributed by atoms with Gasteiger partial charge < -0.3 is 15.6 Å². The van der Waals surface area contributed by atoms with Crippen molar-refractivity contribution in [3.8, 4) is 0 Å². The molecule has 0 unspecified atom stereocenters. The van der Waals surface area contributed by atoms with Gasteiger partial charge in [0.2, 0.25) is 0 Å². The largest absolute Gasteiger partial charge is 0.401 e. The number of hydrogen-bond donors (Lipinski definition) is 3. The van der Waals surface area contributed by atoms with E-state index in [0.29, 0.717) is 25.5 Å². The first-order chi connectivity index (χ1) is 12.3. The van der Waals surface area contributed by atoms with Crippen LogP contribution in [0.3, 0.4) is 0 Å². The van der Waals surface area contributed by atoms with Crippen molar-refractivity contribution < 1.29 is 17.6 Å². The van der Waals surface area contributed by atoms with Crippen LogP contribution < -0.4 is 10.6 Å². The zero-order chi connectivity index (χ0) is 19.2. The second kappa shape index (κ2) is 10.7. The third kappa shape index (κ3) is 7.91. The Hall–Kier alpha value is -1.56. The van der Waals surface area contributed by atoms with E-state index in [0.717, 1.165) is 16.5 Å². The van der Waals surface area contributed by atoms with Gasteiger partial charge in [-0.25, -0.2) is 4.39 Å². The Labute approximate surface area is 172 Å². The van der Waals surface area contributed by atoms with E-state index in [1.165, 1.54) is 24.1 Å². The normalized spacial score (nSPS) is 12.3. The van der Waals surface area contributed by atoms with Gasteiger partial charge >= 0.3 is 6.18 Å². The minimum atomic E-state index is -4.20. The Kier molecular flexibility index (Phi) is 9.30. The summed E-state index contributed by atoms with van der Waals surface area (Å²) in [6, 6.07) is 4.59. The quantitative estimate of drug-likeness (QED) is 0.237. The number of aliphatic imine (C=N–C) groups is 1. The molecule has 0 saturated carbocycles. The van der Waals surface area contributed by atoms with E-state index in [1.54, 1.807) is 13.1 Å². The molecule has 0 saturated heterocycles. The number of aromatic nitrogens is 1. The molecule has 2 aromatic rings. The zero-order valence-electron chi connectivity index (χ0n) is 15.2. The summed E-state index contributed by atoms with van der Waals surface area (Å²) in [5.41, 5.74) is 1.85. The number of H-pyrrole nitrogens is 1. The van der Waals surface area contributed by atoms with E-state index in [9.17, 15) is 17.6 Å². The fourth-order valence-corrected chi connectivity index (χ4v) is 2.64. The Morgan fingerprint density at radius 2 is 1.93 bits per heavy atom. The van der Waals surface area contributed by atoms with Crippen molar-refractivity contribution in [1.29, 1.82) is 0 Å². The smallest absolute Gasteiger partial charge is 0.361 e. The minimum absolute atomic E-state index is 0. The molecule has 0 aliphatic heterocycles. The Balaban J connectivity index is 0.00000364. The lowest BCUT2D eigenvalue weighted by Crippen LogP contribution is -2.42. The van der Waals surface area contributed by atoms with Crippen molar-refractivity contribution in [2.24, 2.45) is 4.99 Å². The van der Waals surface area contributed by atoms with Gasteiger partial charge in [-0.2, -0.15) is 13.2 Å². The van der Waals surface area contributed by atoms with Crippen LogP contribution in [0.1, 0.15) is 5.56 Å². The molecule has 0 amide bonds. The fourth-order valence-electron chi connectivity index (χ4n) is 2.64. The van der Waals surface area contributed by atoms with Crippen LogP contribution in [0.2, 0.25) is 0 Å². The molecule has 3 N–H and O–H groups in total. The molecule has 1 heterocycles. The minimum Gasteiger partial charge on any atom is -0.361 e. The molecule has 152 valence electrons. The highest BCUT2D eigenvalue weighted by Gasteiger charge is 2.28. The average molecular weight is 501 g/mol. The van der Waals surface area contributed by atoms with E-state index >= 15 is 0 Å². The van der Waals surface area contributed by atoms with Crippen LogP contribution in [-0.2, 0) is 6.42 Å². The van der Waals surface area contributed by atoms with Gasteiger partial charge in [-0.15, -0.1) is 24.0 Å².